The van der Waals surface area contributed by atoms with Crippen LogP contribution in [0.25, 0.3) is 0 Å². The first-order valence-electron chi connectivity index (χ1n) is 8.38. The lowest BCUT2D eigenvalue weighted by molar-refractivity contribution is -0.132. The molecule has 0 radical (unpaired) electrons. The molecule has 0 aromatic rings. The molecule has 8 heteroatoms. The van der Waals surface area contributed by atoms with Crippen molar-refractivity contribution in [3.63, 3.8) is 0 Å². The minimum absolute atomic E-state index is 0.120. The van der Waals surface area contributed by atoms with E-state index in [-0.39, 0.29) is 11.8 Å². The van der Waals surface area contributed by atoms with E-state index in [1.54, 1.807) is 4.90 Å². The van der Waals surface area contributed by atoms with Crippen LogP contribution < -0.4 is 9.44 Å². The molecular weight excluding hydrogens is 316 g/mol. The quantitative estimate of drug-likeness (QED) is 0.632. The van der Waals surface area contributed by atoms with Gasteiger partial charge in [-0.05, 0) is 39.3 Å². The van der Waals surface area contributed by atoms with Crippen LogP contribution in [-0.2, 0) is 15.0 Å². The third-order valence-corrected chi connectivity index (χ3v) is 5.23. The van der Waals surface area contributed by atoms with Crippen molar-refractivity contribution in [2.75, 3.05) is 33.7 Å². The molecule has 0 spiro atoms. The van der Waals surface area contributed by atoms with E-state index in [0.29, 0.717) is 38.5 Å². The molecule has 0 aromatic carbocycles. The maximum absolute atomic E-state index is 12.8. The van der Waals surface area contributed by atoms with E-state index >= 15 is 0 Å². The van der Waals surface area contributed by atoms with Gasteiger partial charge >= 0.3 is 0 Å². The van der Waals surface area contributed by atoms with E-state index < -0.39 is 16.3 Å². The Balaban J connectivity index is 2.75. The molecular formula is C15H32N4O3S. The second-order valence-corrected chi connectivity index (χ2v) is 8.42. The van der Waals surface area contributed by atoms with E-state index in [9.17, 15) is 13.2 Å². The zero-order valence-electron chi connectivity index (χ0n) is 15.0. The second kappa shape index (κ2) is 8.96. The molecule has 0 aromatic heterocycles. The van der Waals surface area contributed by atoms with Crippen LogP contribution in [0.1, 0.15) is 40.0 Å². The van der Waals surface area contributed by atoms with Gasteiger partial charge in [0, 0.05) is 25.7 Å². The van der Waals surface area contributed by atoms with Crippen LogP contribution in [0.4, 0.5) is 0 Å². The molecule has 1 fully saturated rings. The Hall–Kier alpha value is -0.700. The van der Waals surface area contributed by atoms with E-state index in [4.69, 9.17) is 0 Å². The predicted octanol–water partition coefficient (Wildman–Crippen LogP) is 0.398. The molecule has 136 valence electrons. The number of hydrogen-bond donors (Lipinski definition) is 2. The molecule has 1 unspecified atom stereocenters. The van der Waals surface area contributed by atoms with E-state index in [2.05, 4.69) is 14.3 Å². The Morgan fingerprint density at radius 2 is 2.00 bits per heavy atom. The van der Waals surface area contributed by atoms with E-state index in [1.165, 1.54) is 0 Å². The molecule has 1 saturated heterocycles. The van der Waals surface area contributed by atoms with Crippen LogP contribution in [0.2, 0.25) is 0 Å². The summed E-state index contributed by atoms with van der Waals surface area (Å²) in [5.74, 6) is 0.106. The molecule has 1 aliphatic heterocycles. The topological polar surface area (TPSA) is 81.8 Å². The number of nitrogens with zero attached hydrogens (tertiary/aromatic N) is 2. The zero-order chi connectivity index (χ0) is 17.6. The summed E-state index contributed by atoms with van der Waals surface area (Å²) in [6, 6.07) is -0.362. The number of carbonyl (C=O) groups excluding carboxylic acids is 1. The molecule has 1 aliphatic rings. The number of carbonyl (C=O) groups is 1. The molecule has 1 heterocycles. The van der Waals surface area contributed by atoms with Crippen molar-refractivity contribution in [2.45, 2.75) is 52.1 Å². The fraction of sp³-hybridized carbons (Fsp3) is 0.933. The maximum atomic E-state index is 12.8. The van der Waals surface area contributed by atoms with Crippen molar-refractivity contribution in [3.05, 3.63) is 0 Å². The fourth-order valence-electron chi connectivity index (χ4n) is 2.72. The van der Waals surface area contributed by atoms with E-state index in [0.717, 1.165) is 6.42 Å². The summed E-state index contributed by atoms with van der Waals surface area (Å²) in [7, 11) is 0.352. The molecule has 2 atom stereocenters. The summed E-state index contributed by atoms with van der Waals surface area (Å²) in [6.45, 7) is 7.57. The van der Waals surface area contributed by atoms with Gasteiger partial charge in [0.2, 0.25) is 5.91 Å². The van der Waals surface area contributed by atoms with Crippen molar-refractivity contribution >= 4 is 16.1 Å². The fourth-order valence-corrected chi connectivity index (χ4v) is 3.85. The highest BCUT2D eigenvalue weighted by molar-refractivity contribution is 7.87. The van der Waals surface area contributed by atoms with Crippen LogP contribution in [-0.4, -0.2) is 69.9 Å². The van der Waals surface area contributed by atoms with Gasteiger partial charge in [0.05, 0.1) is 0 Å². The largest absolute Gasteiger partial charge is 0.340 e. The molecule has 23 heavy (non-hydrogen) atoms. The van der Waals surface area contributed by atoms with Gasteiger partial charge in [0.25, 0.3) is 10.2 Å². The lowest BCUT2D eigenvalue weighted by Crippen LogP contribution is -2.52. The molecule has 0 aliphatic carbocycles. The molecule has 2 N–H and O–H groups in total. The van der Waals surface area contributed by atoms with Crippen LogP contribution in [0.5, 0.6) is 0 Å². The minimum Gasteiger partial charge on any atom is -0.340 e. The summed E-state index contributed by atoms with van der Waals surface area (Å²) >= 11 is 0. The van der Waals surface area contributed by atoms with E-state index in [1.807, 2.05) is 34.9 Å². The van der Waals surface area contributed by atoms with Gasteiger partial charge in [-0.3, -0.25) is 4.79 Å². The Morgan fingerprint density at radius 1 is 1.35 bits per heavy atom. The standard InChI is InChI=1S/C15H32N4O3S/c1-6-8-16-23(21,22)17-14(10-12(2)3)15(20)19-9-7-13(11-19)18(4)5/h12-14,16-17H,6-11H2,1-5H3/t13?,14-/m0/s1. The van der Waals surface area contributed by atoms with Crippen molar-refractivity contribution < 1.29 is 13.2 Å². The number of rotatable bonds is 9. The number of nitrogens with one attached hydrogen (secondary N) is 2. The third kappa shape index (κ3) is 6.74. The third-order valence-electron chi connectivity index (χ3n) is 4.05. The Kier molecular flexibility index (Phi) is 7.93. The average Bonchev–Trinajstić information content (AvgIpc) is 2.93. The van der Waals surface area contributed by atoms with Crippen molar-refractivity contribution in [3.8, 4) is 0 Å². The van der Waals surface area contributed by atoms with Gasteiger partial charge in [-0.15, -0.1) is 0 Å². The van der Waals surface area contributed by atoms with Gasteiger partial charge in [0.15, 0.2) is 0 Å². The molecule has 1 amide bonds. The molecule has 7 nitrogen and oxygen atoms in total. The molecule has 1 rings (SSSR count). The molecule has 0 saturated carbocycles. The van der Waals surface area contributed by atoms with Gasteiger partial charge in [-0.2, -0.15) is 13.1 Å². The summed E-state index contributed by atoms with van der Waals surface area (Å²) in [6.07, 6.45) is 2.13. The summed E-state index contributed by atoms with van der Waals surface area (Å²) in [5.41, 5.74) is 0. The zero-order valence-corrected chi connectivity index (χ0v) is 15.8. The maximum Gasteiger partial charge on any atom is 0.277 e. The van der Waals surface area contributed by atoms with Crippen LogP contribution >= 0.6 is 0 Å². The summed E-state index contributed by atoms with van der Waals surface area (Å²) in [5, 5.41) is 0. The van der Waals surface area contributed by atoms with Crippen LogP contribution in [0, 0.1) is 5.92 Å². The Labute approximate surface area is 141 Å². The monoisotopic (exact) mass is 348 g/mol. The molecule has 0 bridgehead atoms. The summed E-state index contributed by atoms with van der Waals surface area (Å²) < 4.78 is 29.1. The van der Waals surface area contributed by atoms with Gasteiger partial charge in [0.1, 0.15) is 6.04 Å². The normalized spacial score (nSPS) is 20.5. The number of likely N-dealkylation sites (N-methyl/N-ethyl adjacent to an activating group) is 1. The average molecular weight is 349 g/mol. The first-order valence-corrected chi connectivity index (χ1v) is 9.86. The Morgan fingerprint density at radius 3 is 2.48 bits per heavy atom. The van der Waals surface area contributed by atoms with Crippen molar-refractivity contribution in [1.82, 2.24) is 19.2 Å². The van der Waals surface area contributed by atoms with Gasteiger partial charge in [-0.1, -0.05) is 20.8 Å². The number of hydrogen-bond acceptors (Lipinski definition) is 4. The first kappa shape index (κ1) is 20.3. The second-order valence-electron chi connectivity index (χ2n) is 6.89. The number of amides is 1. The predicted molar refractivity (Wildman–Crippen MR) is 92.3 cm³/mol. The smallest absolute Gasteiger partial charge is 0.277 e. The SMILES string of the molecule is CCCNS(=O)(=O)N[C@@H](CC(C)C)C(=O)N1CCC(N(C)C)C1. The van der Waals surface area contributed by atoms with Gasteiger partial charge < -0.3 is 9.80 Å². The van der Waals surface area contributed by atoms with Gasteiger partial charge in [-0.25, -0.2) is 4.72 Å². The number of likely N-dealkylation sites (tertiary alicyclic amines) is 1. The van der Waals surface area contributed by atoms with Crippen LogP contribution in [0.3, 0.4) is 0 Å². The highest BCUT2D eigenvalue weighted by atomic mass is 32.2. The van der Waals surface area contributed by atoms with Crippen LogP contribution in [0.15, 0.2) is 0 Å². The highest BCUT2D eigenvalue weighted by Gasteiger charge is 2.33. The van der Waals surface area contributed by atoms with Crippen molar-refractivity contribution in [2.24, 2.45) is 5.92 Å². The lowest BCUT2D eigenvalue weighted by Gasteiger charge is -2.26. The first-order chi connectivity index (χ1) is 10.7. The minimum atomic E-state index is -3.65. The Bertz CT molecular complexity index is 479. The van der Waals surface area contributed by atoms with Crippen molar-refractivity contribution in [1.29, 1.82) is 0 Å². The lowest BCUT2D eigenvalue weighted by atomic mass is 10.0. The highest BCUT2D eigenvalue weighted by Crippen LogP contribution is 2.17. The summed E-state index contributed by atoms with van der Waals surface area (Å²) in [4.78, 5) is 16.6.